The molecule has 0 atom stereocenters. The molecule has 0 amide bonds. The van der Waals surface area contributed by atoms with Crippen molar-refractivity contribution >= 4 is 15.7 Å². The summed E-state index contributed by atoms with van der Waals surface area (Å²) in [5, 5.41) is 9.71. The lowest BCUT2D eigenvalue weighted by Crippen LogP contribution is -2.13. The zero-order valence-electron chi connectivity index (χ0n) is 10.5. The normalized spacial score (nSPS) is 11.1. The molecule has 2 rings (SSSR count). The van der Waals surface area contributed by atoms with Crippen LogP contribution in [-0.4, -0.2) is 20.6 Å². The highest BCUT2D eigenvalue weighted by molar-refractivity contribution is 7.92. The van der Waals surface area contributed by atoms with Gasteiger partial charge in [-0.2, -0.15) is 0 Å². The molecule has 7 heteroatoms. The maximum absolute atomic E-state index is 12.8. The Kier molecular flexibility index (Phi) is 3.80. The van der Waals surface area contributed by atoms with Gasteiger partial charge in [0.05, 0.1) is 17.7 Å². The van der Waals surface area contributed by atoms with Crippen molar-refractivity contribution < 1.29 is 22.7 Å². The summed E-state index contributed by atoms with van der Waals surface area (Å²) in [6.07, 6.45) is 0. The van der Waals surface area contributed by atoms with Crippen LogP contribution >= 0.6 is 0 Å². The van der Waals surface area contributed by atoms with Crippen LogP contribution in [0.25, 0.3) is 0 Å². The van der Waals surface area contributed by atoms with Crippen molar-refractivity contribution in [3.05, 3.63) is 48.3 Å². The van der Waals surface area contributed by atoms with Crippen molar-refractivity contribution in [2.75, 3.05) is 11.8 Å². The number of halogens is 1. The molecule has 0 aliphatic heterocycles. The predicted molar refractivity (Wildman–Crippen MR) is 71.9 cm³/mol. The molecule has 0 aliphatic carbocycles. The van der Waals surface area contributed by atoms with Crippen molar-refractivity contribution in [3.63, 3.8) is 0 Å². The minimum Gasteiger partial charge on any atom is -0.506 e. The van der Waals surface area contributed by atoms with Gasteiger partial charge in [0.2, 0.25) is 0 Å². The Morgan fingerprint density at radius 2 is 1.80 bits per heavy atom. The van der Waals surface area contributed by atoms with Gasteiger partial charge in [-0.25, -0.2) is 12.8 Å². The number of rotatable bonds is 4. The number of aromatic hydroxyl groups is 1. The van der Waals surface area contributed by atoms with Crippen LogP contribution < -0.4 is 9.46 Å². The smallest absolute Gasteiger partial charge is 0.262 e. The topological polar surface area (TPSA) is 75.6 Å². The number of benzene rings is 2. The first-order valence-electron chi connectivity index (χ1n) is 5.58. The van der Waals surface area contributed by atoms with Crippen molar-refractivity contribution in [2.24, 2.45) is 0 Å². The van der Waals surface area contributed by atoms with Gasteiger partial charge in [-0.3, -0.25) is 4.72 Å². The van der Waals surface area contributed by atoms with E-state index < -0.39 is 15.8 Å². The Hall–Kier alpha value is -2.28. The largest absolute Gasteiger partial charge is 0.506 e. The molecule has 0 unspecified atom stereocenters. The molecule has 2 aromatic carbocycles. The van der Waals surface area contributed by atoms with E-state index in [1.54, 1.807) is 0 Å². The summed E-state index contributed by atoms with van der Waals surface area (Å²) in [6, 6.07) is 8.52. The van der Waals surface area contributed by atoms with Gasteiger partial charge in [-0.15, -0.1) is 0 Å². The SMILES string of the molecule is COc1ccc(NS(=O)(=O)c2ccc(F)cc2)c(O)c1. The van der Waals surface area contributed by atoms with Crippen molar-refractivity contribution in [1.82, 2.24) is 0 Å². The molecule has 106 valence electrons. The summed E-state index contributed by atoms with van der Waals surface area (Å²) in [6.45, 7) is 0. The average Bonchev–Trinajstić information content (AvgIpc) is 2.41. The Bertz CT molecular complexity index is 714. The molecule has 0 heterocycles. The van der Waals surface area contributed by atoms with E-state index in [-0.39, 0.29) is 16.3 Å². The number of sulfonamides is 1. The standard InChI is InChI=1S/C13H12FNO4S/c1-19-10-4-7-12(13(16)8-10)15-20(17,18)11-5-2-9(14)3-6-11/h2-8,15-16H,1H3. The summed E-state index contributed by atoms with van der Waals surface area (Å²) >= 11 is 0. The Balaban J connectivity index is 2.31. The molecule has 0 aliphatic rings. The third kappa shape index (κ3) is 3.00. The van der Waals surface area contributed by atoms with Crippen LogP contribution in [0, 0.1) is 5.82 Å². The second-order valence-corrected chi connectivity index (χ2v) is 5.62. The number of phenols is 1. The van der Waals surface area contributed by atoms with Crippen molar-refractivity contribution in [3.8, 4) is 11.5 Å². The summed E-state index contributed by atoms with van der Waals surface area (Å²) in [5.74, 6) is -0.404. The minimum absolute atomic E-state index is 0.00938. The molecule has 2 N–H and O–H groups in total. The highest BCUT2D eigenvalue weighted by atomic mass is 32.2. The lowest BCUT2D eigenvalue weighted by Gasteiger charge is -2.10. The molecule has 0 aromatic heterocycles. The number of ether oxygens (including phenoxy) is 1. The number of hydrogen-bond donors (Lipinski definition) is 2. The monoisotopic (exact) mass is 297 g/mol. The molecule has 0 saturated carbocycles. The van der Waals surface area contributed by atoms with E-state index in [9.17, 15) is 17.9 Å². The Morgan fingerprint density at radius 1 is 1.15 bits per heavy atom. The molecular formula is C13H12FNO4S. The van der Waals surface area contributed by atoms with E-state index in [0.29, 0.717) is 5.75 Å². The van der Waals surface area contributed by atoms with Crippen LogP contribution in [0.4, 0.5) is 10.1 Å². The summed E-state index contributed by atoms with van der Waals surface area (Å²) in [5.41, 5.74) is 0.00938. The van der Waals surface area contributed by atoms with Gasteiger partial charge in [0.15, 0.2) is 0 Å². The van der Waals surface area contributed by atoms with E-state index >= 15 is 0 Å². The molecule has 0 fully saturated rings. The third-order valence-electron chi connectivity index (χ3n) is 2.57. The first kappa shape index (κ1) is 14.1. The molecule has 0 saturated heterocycles. The van der Waals surface area contributed by atoms with E-state index in [0.717, 1.165) is 24.3 Å². The zero-order valence-corrected chi connectivity index (χ0v) is 11.3. The highest BCUT2D eigenvalue weighted by Crippen LogP contribution is 2.29. The molecule has 0 bridgehead atoms. The number of hydrogen-bond acceptors (Lipinski definition) is 4. The van der Waals surface area contributed by atoms with Crippen LogP contribution in [0.1, 0.15) is 0 Å². The zero-order chi connectivity index (χ0) is 14.8. The van der Waals surface area contributed by atoms with Gasteiger partial charge in [-0.1, -0.05) is 0 Å². The molecule has 2 aromatic rings. The van der Waals surface area contributed by atoms with Gasteiger partial charge < -0.3 is 9.84 Å². The number of methoxy groups -OCH3 is 1. The van der Waals surface area contributed by atoms with Gasteiger partial charge in [0, 0.05) is 6.07 Å². The fraction of sp³-hybridized carbons (Fsp3) is 0.0769. The quantitative estimate of drug-likeness (QED) is 0.849. The fourth-order valence-corrected chi connectivity index (χ4v) is 2.62. The lowest BCUT2D eigenvalue weighted by atomic mass is 10.3. The highest BCUT2D eigenvalue weighted by Gasteiger charge is 2.16. The Labute approximate surface area is 115 Å². The number of phenolic OH excluding ortho intramolecular Hbond substituents is 1. The van der Waals surface area contributed by atoms with E-state index in [1.165, 1.54) is 25.3 Å². The fourth-order valence-electron chi connectivity index (χ4n) is 1.54. The summed E-state index contributed by atoms with van der Waals surface area (Å²) in [7, 11) is -2.46. The molecule has 0 spiro atoms. The van der Waals surface area contributed by atoms with Crippen LogP contribution in [-0.2, 0) is 10.0 Å². The van der Waals surface area contributed by atoms with Crippen molar-refractivity contribution in [1.29, 1.82) is 0 Å². The van der Waals surface area contributed by atoms with E-state index in [2.05, 4.69) is 4.72 Å². The van der Waals surface area contributed by atoms with Crippen LogP contribution in [0.3, 0.4) is 0 Å². The maximum atomic E-state index is 12.8. The first-order chi connectivity index (χ1) is 9.42. The molecule has 0 radical (unpaired) electrons. The Morgan fingerprint density at radius 3 is 2.35 bits per heavy atom. The lowest BCUT2D eigenvalue weighted by molar-refractivity contribution is 0.408. The van der Waals surface area contributed by atoms with Gasteiger partial charge >= 0.3 is 0 Å². The number of anilines is 1. The predicted octanol–water partition coefficient (Wildman–Crippen LogP) is 2.34. The average molecular weight is 297 g/mol. The van der Waals surface area contributed by atoms with Gasteiger partial charge in [0.1, 0.15) is 17.3 Å². The van der Waals surface area contributed by atoms with Gasteiger partial charge in [0.25, 0.3) is 10.0 Å². The van der Waals surface area contributed by atoms with Crippen LogP contribution in [0.2, 0.25) is 0 Å². The summed E-state index contributed by atoms with van der Waals surface area (Å²) in [4.78, 5) is -0.103. The maximum Gasteiger partial charge on any atom is 0.262 e. The van der Waals surface area contributed by atoms with Crippen LogP contribution in [0.15, 0.2) is 47.4 Å². The third-order valence-corrected chi connectivity index (χ3v) is 3.95. The minimum atomic E-state index is -3.89. The number of nitrogens with one attached hydrogen (secondary N) is 1. The second-order valence-electron chi connectivity index (χ2n) is 3.94. The molecular weight excluding hydrogens is 285 g/mol. The first-order valence-corrected chi connectivity index (χ1v) is 7.06. The molecule has 20 heavy (non-hydrogen) atoms. The van der Waals surface area contributed by atoms with Crippen molar-refractivity contribution in [2.45, 2.75) is 4.90 Å². The molecule has 5 nitrogen and oxygen atoms in total. The second kappa shape index (κ2) is 5.38. The van der Waals surface area contributed by atoms with Gasteiger partial charge in [-0.05, 0) is 36.4 Å². The van der Waals surface area contributed by atoms with Crippen LogP contribution in [0.5, 0.6) is 11.5 Å². The summed E-state index contributed by atoms with van der Waals surface area (Å²) < 4.78 is 44.0. The van der Waals surface area contributed by atoms with E-state index in [1.807, 2.05) is 0 Å². The van der Waals surface area contributed by atoms with E-state index in [4.69, 9.17) is 4.74 Å².